The molecule has 0 aliphatic carbocycles. The van der Waals surface area contributed by atoms with Gasteiger partial charge < -0.3 is 0 Å². The summed E-state index contributed by atoms with van der Waals surface area (Å²) < 4.78 is 1.73. The van der Waals surface area contributed by atoms with E-state index in [9.17, 15) is 0 Å². The van der Waals surface area contributed by atoms with Crippen molar-refractivity contribution >= 4 is 0 Å². The van der Waals surface area contributed by atoms with Gasteiger partial charge in [0.15, 0.2) is 0 Å². The van der Waals surface area contributed by atoms with Crippen LogP contribution in [-0.2, 0) is 13.0 Å². The number of nitrogens with zero attached hydrogens (tertiary/aromatic N) is 4. The third-order valence-corrected chi connectivity index (χ3v) is 2.58. The lowest BCUT2D eigenvalue weighted by Gasteiger charge is -2.01. The molecule has 2 rings (SSSR count). The summed E-state index contributed by atoms with van der Waals surface area (Å²) in [5.41, 5.74) is 1.36. The van der Waals surface area contributed by atoms with Crippen molar-refractivity contribution in [3.63, 3.8) is 0 Å². The van der Waals surface area contributed by atoms with E-state index < -0.39 is 0 Å². The Morgan fingerprint density at radius 2 is 2.00 bits per heavy atom. The van der Waals surface area contributed by atoms with Gasteiger partial charge >= 0.3 is 0 Å². The van der Waals surface area contributed by atoms with Crippen molar-refractivity contribution in [3.05, 3.63) is 48.0 Å². The molecular weight excluding hydrogens is 212 g/mol. The lowest BCUT2D eigenvalue weighted by atomic mass is 10.1. The molecule has 0 unspecified atom stereocenters. The van der Waals surface area contributed by atoms with Crippen LogP contribution in [0.1, 0.15) is 24.2 Å². The number of rotatable bonds is 5. The van der Waals surface area contributed by atoms with Crippen LogP contribution in [0.25, 0.3) is 0 Å². The highest BCUT2D eigenvalue weighted by Crippen LogP contribution is 2.05. The standard InChI is InChI=1S/C13H14N4/c14-10-13-15-11-17(16-13)9-5-4-8-12-6-2-1-3-7-12/h1-3,6-7,11H,4-5,8-9H2. The number of aromatic nitrogens is 3. The smallest absolute Gasteiger partial charge is 0.252 e. The van der Waals surface area contributed by atoms with E-state index in [1.54, 1.807) is 11.0 Å². The zero-order valence-electron chi connectivity index (χ0n) is 9.58. The Morgan fingerprint density at radius 3 is 2.71 bits per heavy atom. The van der Waals surface area contributed by atoms with Crippen LogP contribution >= 0.6 is 0 Å². The summed E-state index contributed by atoms with van der Waals surface area (Å²) in [6, 6.07) is 12.4. The average Bonchev–Trinajstić information content (AvgIpc) is 2.84. The van der Waals surface area contributed by atoms with E-state index in [1.807, 2.05) is 12.1 Å². The van der Waals surface area contributed by atoms with Crippen molar-refractivity contribution in [1.29, 1.82) is 5.26 Å². The van der Waals surface area contributed by atoms with Gasteiger partial charge in [0.05, 0.1) is 0 Å². The molecule has 0 bridgehead atoms. The van der Waals surface area contributed by atoms with E-state index >= 15 is 0 Å². The molecule has 0 fully saturated rings. The van der Waals surface area contributed by atoms with E-state index in [-0.39, 0.29) is 5.82 Å². The number of aryl methyl sites for hydroxylation is 2. The topological polar surface area (TPSA) is 54.5 Å². The highest BCUT2D eigenvalue weighted by atomic mass is 15.3. The Balaban J connectivity index is 1.72. The van der Waals surface area contributed by atoms with Gasteiger partial charge in [-0.05, 0) is 24.8 Å². The maximum Gasteiger partial charge on any atom is 0.252 e. The van der Waals surface area contributed by atoms with Gasteiger partial charge in [0.2, 0.25) is 0 Å². The molecule has 0 amide bonds. The summed E-state index contributed by atoms with van der Waals surface area (Å²) >= 11 is 0. The minimum atomic E-state index is 0.244. The molecule has 4 heteroatoms. The maximum absolute atomic E-state index is 8.58. The van der Waals surface area contributed by atoms with Crippen molar-refractivity contribution in [2.45, 2.75) is 25.8 Å². The van der Waals surface area contributed by atoms with Crippen molar-refractivity contribution < 1.29 is 0 Å². The fraction of sp³-hybridized carbons (Fsp3) is 0.308. The Bertz CT molecular complexity index is 496. The van der Waals surface area contributed by atoms with Crippen molar-refractivity contribution in [2.24, 2.45) is 0 Å². The first kappa shape index (κ1) is 11.3. The minimum absolute atomic E-state index is 0.244. The molecule has 86 valence electrons. The van der Waals surface area contributed by atoms with Crippen LogP contribution in [0.15, 0.2) is 36.7 Å². The number of unbranched alkanes of at least 4 members (excludes halogenated alkanes) is 1. The van der Waals surface area contributed by atoms with Crippen LogP contribution in [0, 0.1) is 11.3 Å². The summed E-state index contributed by atoms with van der Waals surface area (Å²) in [5.74, 6) is 0.244. The first-order valence-corrected chi connectivity index (χ1v) is 5.72. The second-order valence-corrected chi connectivity index (χ2v) is 3.89. The van der Waals surface area contributed by atoms with Gasteiger partial charge in [-0.2, -0.15) is 5.26 Å². The fourth-order valence-corrected chi connectivity index (χ4v) is 1.70. The molecule has 0 saturated heterocycles. The Hall–Kier alpha value is -2.15. The molecule has 4 nitrogen and oxygen atoms in total. The summed E-state index contributed by atoms with van der Waals surface area (Å²) in [7, 11) is 0. The summed E-state index contributed by atoms with van der Waals surface area (Å²) in [6.07, 6.45) is 4.86. The molecule has 1 aromatic carbocycles. The molecule has 17 heavy (non-hydrogen) atoms. The van der Waals surface area contributed by atoms with Crippen molar-refractivity contribution in [2.75, 3.05) is 0 Å². The fourth-order valence-electron chi connectivity index (χ4n) is 1.70. The molecule has 1 aromatic heterocycles. The van der Waals surface area contributed by atoms with Crippen LogP contribution in [0.4, 0.5) is 0 Å². The van der Waals surface area contributed by atoms with E-state index in [0.717, 1.165) is 25.8 Å². The SMILES string of the molecule is N#Cc1ncn(CCCCc2ccccc2)n1. The highest BCUT2D eigenvalue weighted by Gasteiger charge is 1.98. The van der Waals surface area contributed by atoms with E-state index in [0.29, 0.717) is 0 Å². The van der Waals surface area contributed by atoms with Gasteiger partial charge in [-0.15, -0.1) is 5.10 Å². The Labute approximate surface area is 101 Å². The molecule has 0 aliphatic heterocycles. The van der Waals surface area contributed by atoms with E-state index in [1.165, 1.54) is 5.56 Å². The highest BCUT2D eigenvalue weighted by molar-refractivity contribution is 5.14. The minimum Gasteiger partial charge on any atom is -0.252 e. The van der Waals surface area contributed by atoms with E-state index in [2.05, 4.69) is 34.3 Å². The third kappa shape index (κ3) is 3.42. The maximum atomic E-state index is 8.58. The van der Waals surface area contributed by atoms with E-state index in [4.69, 9.17) is 5.26 Å². The summed E-state index contributed by atoms with van der Waals surface area (Å²) in [4.78, 5) is 3.86. The average molecular weight is 226 g/mol. The monoisotopic (exact) mass is 226 g/mol. The number of hydrogen-bond acceptors (Lipinski definition) is 3. The van der Waals surface area contributed by atoms with Gasteiger partial charge in [0, 0.05) is 6.54 Å². The lowest BCUT2D eigenvalue weighted by Crippen LogP contribution is -1.99. The normalized spacial score (nSPS) is 10.1. The van der Waals surface area contributed by atoms with Crippen LogP contribution in [0.3, 0.4) is 0 Å². The van der Waals surface area contributed by atoms with Crippen molar-refractivity contribution in [1.82, 2.24) is 14.8 Å². The zero-order valence-corrected chi connectivity index (χ0v) is 9.58. The Morgan fingerprint density at radius 1 is 1.18 bits per heavy atom. The first-order valence-electron chi connectivity index (χ1n) is 5.72. The zero-order chi connectivity index (χ0) is 11.9. The van der Waals surface area contributed by atoms with Crippen LogP contribution in [0.5, 0.6) is 0 Å². The van der Waals surface area contributed by atoms with Gasteiger partial charge in [0.1, 0.15) is 12.4 Å². The second kappa shape index (κ2) is 5.80. The van der Waals surface area contributed by atoms with Crippen LogP contribution in [0.2, 0.25) is 0 Å². The van der Waals surface area contributed by atoms with Gasteiger partial charge in [-0.25, -0.2) is 4.98 Å². The largest absolute Gasteiger partial charge is 0.252 e. The second-order valence-electron chi connectivity index (χ2n) is 3.89. The molecular formula is C13H14N4. The third-order valence-electron chi connectivity index (χ3n) is 2.58. The van der Waals surface area contributed by atoms with Crippen LogP contribution in [-0.4, -0.2) is 14.8 Å². The summed E-state index contributed by atoms with van der Waals surface area (Å²) in [6.45, 7) is 0.821. The Kier molecular flexibility index (Phi) is 3.87. The molecule has 0 saturated carbocycles. The van der Waals surface area contributed by atoms with Gasteiger partial charge in [0.25, 0.3) is 5.82 Å². The first-order chi connectivity index (χ1) is 8.38. The van der Waals surface area contributed by atoms with Crippen molar-refractivity contribution in [3.8, 4) is 6.07 Å². The van der Waals surface area contributed by atoms with Crippen LogP contribution < -0.4 is 0 Å². The molecule has 0 spiro atoms. The molecule has 1 heterocycles. The number of benzene rings is 1. The predicted molar refractivity (Wildman–Crippen MR) is 64.1 cm³/mol. The molecule has 0 N–H and O–H groups in total. The molecule has 0 atom stereocenters. The van der Waals surface area contributed by atoms with Gasteiger partial charge in [-0.1, -0.05) is 30.3 Å². The number of hydrogen-bond donors (Lipinski definition) is 0. The number of nitriles is 1. The lowest BCUT2D eigenvalue weighted by molar-refractivity contribution is 0.555. The summed E-state index contributed by atoms with van der Waals surface area (Å²) in [5, 5.41) is 12.6. The molecule has 0 radical (unpaired) electrons. The predicted octanol–water partition coefficient (Wildman–Crippen LogP) is 2.17. The molecule has 0 aliphatic rings. The quantitative estimate of drug-likeness (QED) is 0.734. The van der Waals surface area contributed by atoms with Gasteiger partial charge in [-0.3, -0.25) is 4.68 Å². The molecule has 2 aromatic rings.